The second kappa shape index (κ2) is 5.83. The van der Waals surface area contributed by atoms with Gasteiger partial charge >= 0.3 is 5.69 Å². The number of aromatic amines is 1. The van der Waals surface area contributed by atoms with Crippen LogP contribution in [0.3, 0.4) is 0 Å². The molecule has 0 aliphatic heterocycles. The van der Waals surface area contributed by atoms with Crippen molar-refractivity contribution in [3.63, 3.8) is 0 Å². The molecule has 5 N–H and O–H groups in total. The molecule has 0 bridgehead atoms. The molecular formula is C12H15N5O2S. The summed E-state index contributed by atoms with van der Waals surface area (Å²) in [5.74, 6) is -0.549. The highest BCUT2D eigenvalue weighted by molar-refractivity contribution is 7.99. The number of aromatic nitrogens is 3. The van der Waals surface area contributed by atoms with Crippen molar-refractivity contribution in [2.75, 3.05) is 5.73 Å². The summed E-state index contributed by atoms with van der Waals surface area (Å²) in [5.41, 5.74) is 11.6. The van der Waals surface area contributed by atoms with Crippen LogP contribution < -0.4 is 17.2 Å². The quantitative estimate of drug-likeness (QED) is 0.705. The summed E-state index contributed by atoms with van der Waals surface area (Å²) in [6.07, 6.45) is 0.798. The first-order valence-electron chi connectivity index (χ1n) is 6.05. The summed E-state index contributed by atoms with van der Waals surface area (Å²) in [7, 11) is 0. The highest BCUT2D eigenvalue weighted by Gasteiger charge is 2.14. The normalized spacial score (nSPS) is 10.7. The van der Waals surface area contributed by atoms with E-state index in [2.05, 4.69) is 10.2 Å². The van der Waals surface area contributed by atoms with Crippen molar-refractivity contribution in [3.8, 4) is 0 Å². The average molecular weight is 293 g/mol. The minimum atomic E-state index is -0.549. The summed E-state index contributed by atoms with van der Waals surface area (Å²) < 4.78 is 1.51. The standard InChI is InChI=1S/C12H15N5O2S/c1-2-5-17-11(19)15-16-12(17)20-9-6-7(13)3-4-8(9)10(14)18/h3-4,6H,2,5,13H2,1H3,(H2,14,18)(H,15,19). The molecule has 2 rings (SSSR count). The second-order valence-corrected chi connectivity index (χ2v) is 5.19. The maximum atomic E-state index is 11.6. The Kier molecular flexibility index (Phi) is 4.14. The molecule has 0 atom stereocenters. The van der Waals surface area contributed by atoms with Crippen molar-refractivity contribution in [1.82, 2.24) is 14.8 Å². The predicted molar refractivity (Wildman–Crippen MR) is 76.6 cm³/mol. The van der Waals surface area contributed by atoms with Crippen molar-refractivity contribution in [3.05, 3.63) is 34.2 Å². The maximum Gasteiger partial charge on any atom is 0.343 e. The number of amides is 1. The van der Waals surface area contributed by atoms with Gasteiger partial charge in [0.2, 0.25) is 5.91 Å². The molecule has 7 nitrogen and oxygen atoms in total. The van der Waals surface area contributed by atoms with Crippen molar-refractivity contribution in [1.29, 1.82) is 0 Å². The first-order chi connectivity index (χ1) is 9.52. The summed E-state index contributed by atoms with van der Waals surface area (Å²) in [6.45, 7) is 2.51. The van der Waals surface area contributed by atoms with E-state index in [1.807, 2.05) is 6.92 Å². The SMILES string of the molecule is CCCn1c(Sc2cc(N)ccc2C(N)=O)n[nH]c1=O. The van der Waals surface area contributed by atoms with Crippen LogP contribution in [0.15, 0.2) is 33.0 Å². The minimum Gasteiger partial charge on any atom is -0.399 e. The van der Waals surface area contributed by atoms with E-state index >= 15 is 0 Å². The number of carbonyl (C=O) groups excluding carboxylic acids is 1. The number of nitrogens with one attached hydrogen (secondary N) is 1. The fourth-order valence-corrected chi connectivity index (χ4v) is 2.77. The third-order valence-corrected chi connectivity index (χ3v) is 3.69. The van der Waals surface area contributed by atoms with Gasteiger partial charge < -0.3 is 11.5 Å². The van der Waals surface area contributed by atoms with Crippen LogP contribution in [0.1, 0.15) is 23.7 Å². The average Bonchev–Trinajstić information content (AvgIpc) is 2.72. The summed E-state index contributed by atoms with van der Waals surface area (Å²) >= 11 is 1.18. The number of nitrogen functional groups attached to an aromatic ring is 1. The fourth-order valence-electron chi connectivity index (χ4n) is 1.73. The fraction of sp³-hybridized carbons (Fsp3) is 0.250. The molecule has 1 amide bonds. The number of carbonyl (C=O) groups is 1. The Morgan fingerprint density at radius 1 is 1.50 bits per heavy atom. The topological polar surface area (TPSA) is 120 Å². The number of hydrogen-bond acceptors (Lipinski definition) is 5. The Labute approximate surface area is 119 Å². The van der Waals surface area contributed by atoms with Crippen LogP contribution in [-0.4, -0.2) is 20.7 Å². The highest BCUT2D eigenvalue weighted by atomic mass is 32.2. The van der Waals surface area contributed by atoms with Crippen molar-refractivity contribution in [2.24, 2.45) is 5.73 Å². The highest BCUT2D eigenvalue weighted by Crippen LogP contribution is 2.30. The molecule has 1 aromatic heterocycles. The smallest absolute Gasteiger partial charge is 0.343 e. The van der Waals surface area contributed by atoms with Crippen LogP contribution in [-0.2, 0) is 6.54 Å². The van der Waals surface area contributed by atoms with E-state index in [-0.39, 0.29) is 5.69 Å². The van der Waals surface area contributed by atoms with Crippen LogP contribution in [0, 0.1) is 0 Å². The van der Waals surface area contributed by atoms with E-state index in [0.717, 1.165) is 6.42 Å². The van der Waals surface area contributed by atoms with E-state index in [0.29, 0.717) is 27.8 Å². The van der Waals surface area contributed by atoms with Crippen molar-refractivity contribution in [2.45, 2.75) is 29.9 Å². The molecule has 0 aliphatic carbocycles. The number of benzene rings is 1. The molecule has 0 unspecified atom stereocenters. The number of hydrogen-bond donors (Lipinski definition) is 3. The molecule has 0 saturated heterocycles. The number of primary amides is 1. The third kappa shape index (κ3) is 2.85. The molecule has 20 heavy (non-hydrogen) atoms. The van der Waals surface area contributed by atoms with Crippen LogP contribution in [0.2, 0.25) is 0 Å². The lowest BCUT2D eigenvalue weighted by atomic mass is 10.2. The van der Waals surface area contributed by atoms with Gasteiger partial charge in [0.05, 0.1) is 5.56 Å². The largest absolute Gasteiger partial charge is 0.399 e. The molecule has 2 aromatic rings. The van der Waals surface area contributed by atoms with Gasteiger partial charge in [-0.25, -0.2) is 9.89 Å². The molecule has 0 fully saturated rings. The van der Waals surface area contributed by atoms with Gasteiger partial charge in [-0.2, -0.15) is 0 Å². The Balaban J connectivity index is 2.42. The summed E-state index contributed by atoms with van der Waals surface area (Å²) in [6, 6.07) is 4.81. The predicted octanol–water partition coefficient (Wildman–Crippen LogP) is 0.814. The lowest BCUT2D eigenvalue weighted by molar-refractivity contribution is 0.0997. The molecule has 0 aliphatic rings. The zero-order valence-corrected chi connectivity index (χ0v) is 11.7. The number of nitrogens with zero attached hydrogens (tertiary/aromatic N) is 2. The molecule has 8 heteroatoms. The molecule has 1 aromatic carbocycles. The van der Waals surface area contributed by atoms with Gasteiger partial charge in [-0.1, -0.05) is 6.92 Å². The zero-order valence-electron chi connectivity index (χ0n) is 10.9. The zero-order chi connectivity index (χ0) is 14.7. The molecule has 0 spiro atoms. The molecular weight excluding hydrogens is 278 g/mol. The number of rotatable bonds is 5. The molecule has 106 valence electrons. The Hall–Kier alpha value is -2.22. The summed E-state index contributed by atoms with van der Waals surface area (Å²) in [5, 5.41) is 6.83. The lowest BCUT2D eigenvalue weighted by Crippen LogP contribution is -2.17. The van der Waals surface area contributed by atoms with Gasteiger partial charge in [-0.3, -0.25) is 9.36 Å². The first-order valence-corrected chi connectivity index (χ1v) is 6.87. The Bertz CT molecular complexity index is 691. The number of nitrogens with two attached hydrogens (primary N) is 2. The second-order valence-electron chi connectivity index (χ2n) is 4.18. The van der Waals surface area contributed by atoms with Crippen molar-refractivity contribution < 1.29 is 4.79 Å². The van der Waals surface area contributed by atoms with Gasteiger partial charge in [-0.15, -0.1) is 5.10 Å². The molecule has 1 heterocycles. The first kappa shape index (κ1) is 14.2. The van der Waals surface area contributed by atoms with Crippen LogP contribution in [0.4, 0.5) is 5.69 Å². The van der Waals surface area contributed by atoms with Gasteiger partial charge in [0.25, 0.3) is 0 Å². The van der Waals surface area contributed by atoms with Gasteiger partial charge in [-0.05, 0) is 36.4 Å². The number of H-pyrrole nitrogens is 1. The van der Waals surface area contributed by atoms with Crippen LogP contribution in [0.5, 0.6) is 0 Å². The van der Waals surface area contributed by atoms with E-state index < -0.39 is 5.91 Å². The van der Waals surface area contributed by atoms with Gasteiger partial charge in [0.15, 0.2) is 5.16 Å². The van der Waals surface area contributed by atoms with E-state index in [1.165, 1.54) is 16.3 Å². The van der Waals surface area contributed by atoms with Crippen LogP contribution >= 0.6 is 11.8 Å². The Morgan fingerprint density at radius 3 is 2.90 bits per heavy atom. The van der Waals surface area contributed by atoms with Crippen LogP contribution in [0.25, 0.3) is 0 Å². The maximum absolute atomic E-state index is 11.6. The van der Waals surface area contributed by atoms with Gasteiger partial charge in [0.1, 0.15) is 0 Å². The molecule has 0 radical (unpaired) electrons. The minimum absolute atomic E-state index is 0.279. The van der Waals surface area contributed by atoms with E-state index in [9.17, 15) is 9.59 Å². The van der Waals surface area contributed by atoms with E-state index in [4.69, 9.17) is 11.5 Å². The molecule has 0 saturated carbocycles. The van der Waals surface area contributed by atoms with Crippen molar-refractivity contribution >= 4 is 23.4 Å². The monoisotopic (exact) mass is 293 g/mol. The Morgan fingerprint density at radius 2 is 2.25 bits per heavy atom. The number of anilines is 1. The third-order valence-electron chi connectivity index (χ3n) is 2.64. The van der Waals surface area contributed by atoms with Gasteiger partial charge in [0, 0.05) is 17.1 Å². The van der Waals surface area contributed by atoms with E-state index in [1.54, 1.807) is 18.2 Å². The summed E-state index contributed by atoms with van der Waals surface area (Å²) in [4.78, 5) is 23.6. The lowest BCUT2D eigenvalue weighted by Gasteiger charge is -2.07.